The highest BCUT2D eigenvalue weighted by molar-refractivity contribution is 5.78. The van der Waals surface area contributed by atoms with E-state index < -0.39 is 46.9 Å². The summed E-state index contributed by atoms with van der Waals surface area (Å²) >= 11 is 0. The summed E-state index contributed by atoms with van der Waals surface area (Å²) in [5.74, 6) is -17.7. The minimum Gasteiger partial charge on any atom is -0.412 e. The summed E-state index contributed by atoms with van der Waals surface area (Å²) in [5.41, 5.74) is 0. The fourth-order valence-corrected chi connectivity index (χ4v) is 0.902. The van der Waals surface area contributed by atoms with Crippen LogP contribution in [0.1, 0.15) is 0 Å². The minimum absolute atomic E-state index is 2.17. The average Bonchev–Trinajstić information content (AvgIpc) is 2.32. The van der Waals surface area contributed by atoms with Crippen LogP contribution >= 0.6 is 0 Å². The molecule has 0 heterocycles. The van der Waals surface area contributed by atoms with Crippen LogP contribution in [0, 0.1) is 23.3 Å². The molecule has 0 aliphatic heterocycles. The predicted octanol–water partition coefficient (Wildman–Crippen LogP) is 2.97. The van der Waals surface area contributed by atoms with Gasteiger partial charge in [-0.05, 0) is 0 Å². The summed E-state index contributed by atoms with van der Waals surface area (Å²) in [4.78, 5) is 12.9. The number of hydrogen-bond acceptors (Lipinski definition) is 3. The number of benzene rings is 1. The summed E-state index contributed by atoms with van der Waals surface area (Å²) in [6, 6.07) is 0. The number of alkyl halides is 3. The maximum Gasteiger partial charge on any atom is 0.491 e. The molecule has 0 aliphatic rings. The standard InChI is InChI=1S/C8F8O3/c9-1-2(10)4(12)6(19-16)5(3(1)11)18-7(17)8(13,14)15. The highest BCUT2D eigenvalue weighted by Gasteiger charge is 2.43. The van der Waals surface area contributed by atoms with Crippen molar-refractivity contribution in [3.63, 3.8) is 0 Å². The van der Waals surface area contributed by atoms with E-state index in [1.165, 1.54) is 0 Å². The molecule has 0 amide bonds. The van der Waals surface area contributed by atoms with Gasteiger partial charge in [0.05, 0.1) is 0 Å². The molecule has 0 bridgehead atoms. The van der Waals surface area contributed by atoms with Crippen molar-refractivity contribution in [1.29, 1.82) is 0 Å². The lowest BCUT2D eigenvalue weighted by atomic mass is 10.2. The Bertz CT molecular complexity index is 524. The first-order valence-electron chi connectivity index (χ1n) is 4.04. The lowest BCUT2D eigenvalue weighted by Crippen LogP contribution is -2.28. The van der Waals surface area contributed by atoms with Gasteiger partial charge in [-0.15, -0.1) is 0 Å². The Labute approximate surface area is 97.8 Å². The van der Waals surface area contributed by atoms with E-state index in [4.69, 9.17) is 0 Å². The number of rotatable bonds is 2. The van der Waals surface area contributed by atoms with Crippen LogP contribution in [0.3, 0.4) is 0 Å². The second-order valence-electron chi connectivity index (χ2n) is 2.88. The minimum atomic E-state index is -5.67. The van der Waals surface area contributed by atoms with Crippen LogP contribution in [0.2, 0.25) is 0 Å². The van der Waals surface area contributed by atoms with Crippen molar-refractivity contribution in [2.75, 3.05) is 0 Å². The van der Waals surface area contributed by atoms with Gasteiger partial charge in [-0.2, -0.15) is 22.0 Å². The summed E-state index contributed by atoms with van der Waals surface area (Å²) < 4.78 is 101. The zero-order chi connectivity index (χ0) is 15.0. The van der Waals surface area contributed by atoms with Crippen molar-refractivity contribution in [2.45, 2.75) is 6.18 Å². The van der Waals surface area contributed by atoms with Crippen LogP contribution in [0.25, 0.3) is 0 Å². The zero-order valence-corrected chi connectivity index (χ0v) is 8.25. The van der Waals surface area contributed by atoms with Gasteiger partial charge in [0.2, 0.25) is 29.0 Å². The number of esters is 1. The number of halogens is 8. The first kappa shape index (κ1) is 15.0. The molecule has 1 aromatic rings. The van der Waals surface area contributed by atoms with Crippen LogP contribution in [-0.2, 0) is 4.79 Å². The maximum absolute atomic E-state index is 13.0. The number of carbonyl (C=O) groups excluding carboxylic acids is 1. The van der Waals surface area contributed by atoms with E-state index >= 15 is 0 Å². The van der Waals surface area contributed by atoms with Gasteiger partial charge in [0, 0.05) is 4.53 Å². The Hall–Kier alpha value is -2.07. The number of carbonyl (C=O) groups is 1. The van der Waals surface area contributed by atoms with Gasteiger partial charge in [-0.3, -0.25) is 4.94 Å². The van der Waals surface area contributed by atoms with Gasteiger partial charge in [0.15, 0.2) is 0 Å². The highest BCUT2D eigenvalue weighted by atomic mass is 19.4. The van der Waals surface area contributed by atoms with Crippen LogP contribution < -0.4 is 9.68 Å². The first-order chi connectivity index (χ1) is 8.61. The van der Waals surface area contributed by atoms with Gasteiger partial charge in [-0.1, -0.05) is 0 Å². The maximum atomic E-state index is 13.0. The molecule has 0 atom stereocenters. The smallest absolute Gasteiger partial charge is 0.412 e. The van der Waals surface area contributed by atoms with Crippen LogP contribution in [0.5, 0.6) is 11.5 Å². The zero-order valence-electron chi connectivity index (χ0n) is 8.25. The summed E-state index contributed by atoms with van der Waals surface area (Å²) in [6.07, 6.45) is -5.67. The fraction of sp³-hybridized carbons (Fsp3) is 0.125. The third kappa shape index (κ3) is 2.69. The molecule has 0 saturated carbocycles. The Morgan fingerprint density at radius 2 is 1.26 bits per heavy atom. The van der Waals surface area contributed by atoms with Crippen LogP contribution in [0.4, 0.5) is 35.3 Å². The van der Waals surface area contributed by atoms with E-state index in [9.17, 15) is 40.1 Å². The molecule has 11 heteroatoms. The second-order valence-corrected chi connectivity index (χ2v) is 2.88. The monoisotopic (exact) mass is 296 g/mol. The fourth-order valence-electron chi connectivity index (χ4n) is 0.902. The van der Waals surface area contributed by atoms with Crippen molar-refractivity contribution in [1.82, 2.24) is 0 Å². The van der Waals surface area contributed by atoms with E-state index in [2.05, 4.69) is 9.68 Å². The van der Waals surface area contributed by atoms with Crippen molar-refractivity contribution in [3.05, 3.63) is 23.3 Å². The third-order valence-electron chi connectivity index (χ3n) is 1.69. The Balaban J connectivity index is 3.39. The lowest BCUT2D eigenvalue weighted by Gasteiger charge is -2.11. The predicted molar refractivity (Wildman–Crippen MR) is 39.7 cm³/mol. The van der Waals surface area contributed by atoms with Gasteiger partial charge < -0.3 is 4.74 Å². The molecule has 0 unspecified atom stereocenters. The molecule has 0 N–H and O–H groups in total. The quantitative estimate of drug-likeness (QED) is 0.277. The van der Waals surface area contributed by atoms with Gasteiger partial charge in [0.25, 0.3) is 5.75 Å². The molecule has 1 rings (SSSR count). The second kappa shape index (κ2) is 4.90. The molecule has 0 spiro atoms. The van der Waals surface area contributed by atoms with Crippen molar-refractivity contribution in [3.8, 4) is 11.5 Å². The summed E-state index contributed by atoms with van der Waals surface area (Å²) in [7, 11) is 0. The molecule has 0 aromatic heterocycles. The van der Waals surface area contributed by atoms with Crippen LogP contribution in [-0.4, -0.2) is 12.1 Å². The average molecular weight is 296 g/mol. The van der Waals surface area contributed by atoms with Crippen molar-refractivity contribution < 1.29 is 49.7 Å². The van der Waals surface area contributed by atoms with E-state index in [-0.39, 0.29) is 0 Å². The molecule has 19 heavy (non-hydrogen) atoms. The first-order valence-corrected chi connectivity index (χ1v) is 4.04. The van der Waals surface area contributed by atoms with Gasteiger partial charge in [0.1, 0.15) is 0 Å². The summed E-state index contributed by atoms with van der Waals surface area (Å²) in [6.45, 7) is 0. The molecule has 106 valence electrons. The van der Waals surface area contributed by atoms with Crippen LogP contribution in [0.15, 0.2) is 0 Å². The van der Waals surface area contributed by atoms with Gasteiger partial charge >= 0.3 is 12.1 Å². The van der Waals surface area contributed by atoms with E-state index in [1.807, 2.05) is 0 Å². The Morgan fingerprint density at radius 1 is 0.842 bits per heavy atom. The highest BCUT2D eigenvalue weighted by Crippen LogP contribution is 2.38. The number of ether oxygens (including phenoxy) is 1. The largest absolute Gasteiger partial charge is 0.491 e. The molecule has 3 nitrogen and oxygen atoms in total. The van der Waals surface area contributed by atoms with E-state index in [1.54, 1.807) is 0 Å². The van der Waals surface area contributed by atoms with Gasteiger partial charge in [-0.25, -0.2) is 13.6 Å². The molecule has 0 radical (unpaired) electrons. The molecule has 0 aliphatic carbocycles. The Morgan fingerprint density at radius 3 is 1.63 bits per heavy atom. The molecule has 0 saturated heterocycles. The van der Waals surface area contributed by atoms with Crippen molar-refractivity contribution in [2.24, 2.45) is 0 Å². The lowest BCUT2D eigenvalue weighted by molar-refractivity contribution is -0.190. The van der Waals surface area contributed by atoms with Crippen molar-refractivity contribution >= 4 is 5.97 Å². The molecular formula is C8F8O3. The molecular weight excluding hydrogens is 296 g/mol. The molecule has 0 fully saturated rings. The summed E-state index contributed by atoms with van der Waals surface area (Å²) in [5, 5.41) is 0. The topological polar surface area (TPSA) is 35.5 Å². The Kier molecular flexibility index (Phi) is 3.86. The van der Waals surface area contributed by atoms with E-state index in [0.717, 1.165) is 0 Å². The van der Waals surface area contributed by atoms with E-state index in [0.29, 0.717) is 0 Å². The normalized spacial score (nSPS) is 11.4. The third-order valence-corrected chi connectivity index (χ3v) is 1.69. The molecule has 1 aromatic carbocycles. The number of hydrogen-bond donors (Lipinski definition) is 0. The SMILES string of the molecule is O=C(Oc1c(F)c(F)c(F)c(F)c1OF)C(F)(F)F.